The van der Waals surface area contributed by atoms with Crippen molar-refractivity contribution in [3.63, 3.8) is 0 Å². The molecule has 19 heavy (non-hydrogen) atoms. The minimum absolute atomic E-state index is 0.0553. The summed E-state index contributed by atoms with van der Waals surface area (Å²) in [6.45, 7) is 4.20. The van der Waals surface area contributed by atoms with Gasteiger partial charge >= 0.3 is 0 Å². The number of hydrogen-bond acceptors (Lipinski definition) is 3. The summed E-state index contributed by atoms with van der Waals surface area (Å²) < 4.78 is 0. The lowest BCUT2D eigenvalue weighted by atomic mass is 10.1. The number of carbonyl (C=O) groups excluding carboxylic acids is 2. The van der Waals surface area contributed by atoms with Crippen LogP contribution in [0.5, 0.6) is 0 Å². The average Bonchev–Trinajstić information content (AvgIpc) is 2.38. The van der Waals surface area contributed by atoms with Crippen LogP contribution in [0.1, 0.15) is 26.7 Å². The van der Waals surface area contributed by atoms with Crippen LogP contribution in [-0.2, 0) is 9.59 Å². The Bertz CT molecular complexity index is 446. The second-order valence-corrected chi connectivity index (χ2v) is 4.58. The highest BCUT2D eigenvalue weighted by atomic mass is 16.2. The van der Waals surface area contributed by atoms with Gasteiger partial charge < -0.3 is 16.4 Å². The first-order valence-corrected chi connectivity index (χ1v) is 6.45. The van der Waals surface area contributed by atoms with E-state index >= 15 is 0 Å². The maximum atomic E-state index is 11.7. The predicted octanol–water partition coefficient (Wildman–Crippen LogP) is 1.96. The molecule has 4 N–H and O–H groups in total. The SMILES string of the molecule is CCC(=O)Nc1cccc(NC(=O)CC(C)CN)c1. The van der Waals surface area contributed by atoms with Crippen LogP contribution in [0, 0.1) is 5.92 Å². The molecule has 0 aliphatic rings. The van der Waals surface area contributed by atoms with Crippen LogP contribution >= 0.6 is 0 Å². The van der Waals surface area contributed by atoms with Crippen LogP contribution in [0.25, 0.3) is 0 Å². The molecule has 1 aromatic rings. The molecule has 1 rings (SSSR count). The third kappa shape index (κ3) is 5.52. The number of nitrogens with two attached hydrogens (primary N) is 1. The first-order valence-electron chi connectivity index (χ1n) is 6.45. The molecule has 0 spiro atoms. The van der Waals surface area contributed by atoms with Gasteiger partial charge in [0.15, 0.2) is 0 Å². The fourth-order valence-corrected chi connectivity index (χ4v) is 1.54. The Morgan fingerprint density at radius 1 is 1.21 bits per heavy atom. The molecule has 0 aliphatic heterocycles. The minimum atomic E-state index is -0.0723. The Labute approximate surface area is 113 Å². The smallest absolute Gasteiger partial charge is 0.224 e. The van der Waals surface area contributed by atoms with E-state index in [4.69, 9.17) is 5.73 Å². The Kier molecular flexibility index (Phi) is 6.02. The maximum Gasteiger partial charge on any atom is 0.224 e. The van der Waals surface area contributed by atoms with Crippen LogP contribution in [0.15, 0.2) is 24.3 Å². The van der Waals surface area contributed by atoms with E-state index < -0.39 is 0 Å². The maximum absolute atomic E-state index is 11.7. The molecule has 1 atom stereocenters. The van der Waals surface area contributed by atoms with Crippen molar-refractivity contribution in [1.29, 1.82) is 0 Å². The third-order valence-electron chi connectivity index (χ3n) is 2.69. The molecule has 0 aliphatic carbocycles. The lowest BCUT2D eigenvalue weighted by Gasteiger charge is -2.10. The predicted molar refractivity (Wildman–Crippen MR) is 76.8 cm³/mol. The summed E-state index contributed by atoms with van der Waals surface area (Å²) in [6.07, 6.45) is 0.812. The van der Waals surface area contributed by atoms with Crippen molar-refractivity contribution in [2.24, 2.45) is 11.7 Å². The molecule has 0 aromatic heterocycles. The Morgan fingerprint density at radius 2 is 1.79 bits per heavy atom. The monoisotopic (exact) mass is 263 g/mol. The summed E-state index contributed by atoms with van der Waals surface area (Å²) in [4.78, 5) is 23.0. The van der Waals surface area contributed by atoms with Gasteiger partial charge in [0.05, 0.1) is 0 Å². The van der Waals surface area contributed by atoms with Crippen molar-refractivity contribution in [2.75, 3.05) is 17.2 Å². The first-order chi connectivity index (χ1) is 9.05. The number of amides is 2. The molecule has 0 heterocycles. The summed E-state index contributed by atoms with van der Waals surface area (Å²) >= 11 is 0. The summed E-state index contributed by atoms with van der Waals surface area (Å²) in [6, 6.07) is 7.09. The van der Waals surface area contributed by atoms with Crippen molar-refractivity contribution < 1.29 is 9.59 Å². The van der Waals surface area contributed by atoms with E-state index in [0.717, 1.165) is 0 Å². The molecule has 2 amide bonds. The highest BCUT2D eigenvalue weighted by molar-refractivity contribution is 5.94. The van der Waals surface area contributed by atoms with Gasteiger partial charge in [-0.3, -0.25) is 9.59 Å². The Hall–Kier alpha value is -1.88. The molecule has 0 radical (unpaired) electrons. The van der Waals surface area contributed by atoms with Crippen LogP contribution in [-0.4, -0.2) is 18.4 Å². The fraction of sp³-hybridized carbons (Fsp3) is 0.429. The van der Waals surface area contributed by atoms with Crippen molar-refractivity contribution in [3.05, 3.63) is 24.3 Å². The van der Waals surface area contributed by atoms with Gasteiger partial charge in [0.25, 0.3) is 0 Å². The second kappa shape index (κ2) is 7.53. The summed E-state index contributed by atoms with van der Waals surface area (Å²) in [5.41, 5.74) is 6.83. The third-order valence-corrected chi connectivity index (χ3v) is 2.69. The molecule has 1 aromatic carbocycles. The van der Waals surface area contributed by atoms with E-state index in [1.165, 1.54) is 0 Å². The normalized spacial score (nSPS) is 11.7. The number of benzene rings is 1. The fourth-order valence-electron chi connectivity index (χ4n) is 1.54. The van der Waals surface area contributed by atoms with Gasteiger partial charge in [0, 0.05) is 24.2 Å². The highest BCUT2D eigenvalue weighted by Crippen LogP contribution is 2.16. The number of anilines is 2. The van der Waals surface area contributed by atoms with E-state index in [9.17, 15) is 9.59 Å². The van der Waals surface area contributed by atoms with E-state index in [-0.39, 0.29) is 17.7 Å². The molecule has 5 heteroatoms. The van der Waals surface area contributed by atoms with Gasteiger partial charge in [0.1, 0.15) is 0 Å². The molecular weight excluding hydrogens is 242 g/mol. The number of carbonyl (C=O) groups is 2. The topological polar surface area (TPSA) is 84.2 Å². The number of nitrogens with one attached hydrogen (secondary N) is 2. The Balaban J connectivity index is 2.61. The van der Waals surface area contributed by atoms with Gasteiger partial charge in [-0.15, -0.1) is 0 Å². The van der Waals surface area contributed by atoms with E-state index in [0.29, 0.717) is 30.8 Å². The lowest BCUT2D eigenvalue weighted by Crippen LogP contribution is -2.20. The summed E-state index contributed by atoms with van der Waals surface area (Å²) in [5.74, 6) is 0.0279. The van der Waals surface area contributed by atoms with Crippen LogP contribution in [0.3, 0.4) is 0 Å². The zero-order valence-electron chi connectivity index (χ0n) is 11.4. The second-order valence-electron chi connectivity index (χ2n) is 4.58. The zero-order valence-corrected chi connectivity index (χ0v) is 11.4. The van der Waals surface area contributed by atoms with Crippen molar-refractivity contribution in [2.45, 2.75) is 26.7 Å². The van der Waals surface area contributed by atoms with Gasteiger partial charge in [-0.1, -0.05) is 19.9 Å². The van der Waals surface area contributed by atoms with E-state index in [1.807, 2.05) is 6.92 Å². The minimum Gasteiger partial charge on any atom is -0.330 e. The van der Waals surface area contributed by atoms with E-state index in [1.54, 1.807) is 31.2 Å². The molecule has 0 saturated heterocycles. The zero-order chi connectivity index (χ0) is 14.3. The van der Waals surface area contributed by atoms with Crippen molar-refractivity contribution >= 4 is 23.2 Å². The molecular formula is C14H21N3O2. The van der Waals surface area contributed by atoms with Crippen LogP contribution in [0.4, 0.5) is 11.4 Å². The van der Waals surface area contributed by atoms with Gasteiger partial charge in [-0.2, -0.15) is 0 Å². The lowest BCUT2D eigenvalue weighted by molar-refractivity contribution is -0.117. The number of rotatable bonds is 6. The van der Waals surface area contributed by atoms with Gasteiger partial charge in [-0.25, -0.2) is 0 Å². The van der Waals surface area contributed by atoms with Crippen LogP contribution in [0.2, 0.25) is 0 Å². The first kappa shape index (κ1) is 15.2. The average molecular weight is 263 g/mol. The standard InChI is InChI=1S/C14H21N3O2/c1-3-13(18)16-11-5-4-6-12(8-11)17-14(19)7-10(2)9-15/h4-6,8,10H,3,7,9,15H2,1-2H3,(H,16,18)(H,17,19). The van der Waals surface area contributed by atoms with Gasteiger partial charge in [0.2, 0.25) is 11.8 Å². The Morgan fingerprint density at radius 3 is 2.32 bits per heavy atom. The highest BCUT2D eigenvalue weighted by Gasteiger charge is 2.08. The molecule has 0 fully saturated rings. The molecule has 0 bridgehead atoms. The number of hydrogen-bond donors (Lipinski definition) is 3. The van der Waals surface area contributed by atoms with Crippen molar-refractivity contribution in [3.8, 4) is 0 Å². The summed E-state index contributed by atoms with van der Waals surface area (Å²) in [5, 5.41) is 5.54. The molecule has 1 unspecified atom stereocenters. The van der Waals surface area contributed by atoms with Gasteiger partial charge in [-0.05, 0) is 30.7 Å². The summed E-state index contributed by atoms with van der Waals surface area (Å²) in [7, 11) is 0. The quantitative estimate of drug-likeness (QED) is 0.733. The largest absolute Gasteiger partial charge is 0.330 e. The van der Waals surface area contributed by atoms with Crippen molar-refractivity contribution in [1.82, 2.24) is 0 Å². The molecule has 5 nitrogen and oxygen atoms in total. The van der Waals surface area contributed by atoms with E-state index in [2.05, 4.69) is 10.6 Å². The van der Waals surface area contributed by atoms with Crippen LogP contribution < -0.4 is 16.4 Å². The molecule has 0 saturated carbocycles. The molecule has 104 valence electrons.